The molecule has 1 aromatic heterocycles. The molecule has 5 heteroatoms. The summed E-state index contributed by atoms with van der Waals surface area (Å²) in [5.74, 6) is 0.696. The Kier molecular flexibility index (Phi) is 5.51. The number of aryl methyl sites for hydroxylation is 1. The van der Waals surface area contributed by atoms with Crippen LogP contribution in [0.4, 0.5) is 0 Å². The van der Waals surface area contributed by atoms with Crippen LogP contribution in [0.15, 0.2) is 46.9 Å². The van der Waals surface area contributed by atoms with Gasteiger partial charge in [-0.25, -0.2) is 5.43 Å². The summed E-state index contributed by atoms with van der Waals surface area (Å²) in [6.07, 6.45) is 1.69. The van der Waals surface area contributed by atoms with E-state index < -0.39 is 0 Å². The Hall–Kier alpha value is -2.14. The predicted molar refractivity (Wildman–Crippen MR) is 86.2 cm³/mol. The number of benzene rings is 1. The number of methoxy groups -OCH3 is 1. The van der Waals surface area contributed by atoms with Crippen LogP contribution in [0.3, 0.4) is 0 Å². The van der Waals surface area contributed by atoms with Crippen molar-refractivity contribution in [3.8, 4) is 5.75 Å². The molecule has 4 nitrogen and oxygen atoms in total. The van der Waals surface area contributed by atoms with Gasteiger partial charge in [0.15, 0.2) is 0 Å². The molecule has 1 amide bonds. The van der Waals surface area contributed by atoms with Crippen molar-refractivity contribution in [1.29, 1.82) is 0 Å². The van der Waals surface area contributed by atoms with Gasteiger partial charge in [-0.15, -0.1) is 11.3 Å². The van der Waals surface area contributed by atoms with Gasteiger partial charge in [-0.05, 0) is 48.9 Å². The number of nitrogens with one attached hydrogen (secondary N) is 1. The second-order valence-electron chi connectivity index (χ2n) is 4.61. The van der Waals surface area contributed by atoms with E-state index in [4.69, 9.17) is 4.74 Å². The van der Waals surface area contributed by atoms with E-state index in [2.05, 4.69) is 10.5 Å². The zero-order valence-corrected chi connectivity index (χ0v) is 12.9. The van der Waals surface area contributed by atoms with Gasteiger partial charge in [-0.1, -0.05) is 18.2 Å². The molecular weight excluding hydrogens is 284 g/mol. The molecule has 0 saturated carbocycles. The minimum absolute atomic E-state index is 0.159. The van der Waals surface area contributed by atoms with Crippen molar-refractivity contribution in [1.82, 2.24) is 5.43 Å². The Morgan fingerprint density at radius 2 is 2.05 bits per heavy atom. The van der Waals surface area contributed by atoms with Crippen molar-refractivity contribution in [3.05, 3.63) is 52.2 Å². The summed E-state index contributed by atoms with van der Waals surface area (Å²) in [6, 6.07) is 11.6. The number of ether oxygens (including phenoxy) is 1. The average Bonchev–Trinajstić information content (AvgIpc) is 3.05. The summed E-state index contributed by atoms with van der Waals surface area (Å²) in [5, 5.41) is 6.00. The summed E-state index contributed by atoms with van der Waals surface area (Å²) in [4.78, 5) is 12.4. The zero-order chi connectivity index (χ0) is 15.1. The number of rotatable bonds is 6. The van der Waals surface area contributed by atoms with E-state index in [0.717, 1.165) is 24.3 Å². The fourth-order valence-electron chi connectivity index (χ4n) is 1.78. The second-order valence-corrected chi connectivity index (χ2v) is 5.56. The van der Waals surface area contributed by atoms with E-state index >= 15 is 0 Å². The number of carbonyl (C=O) groups excluding carboxylic acids is 1. The number of carbonyl (C=O) groups is 1. The van der Waals surface area contributed by atoms with Gasteiger partial charge in [0.05, 0.1) is 12.0 Å². The quantitative estimate of drug-likeness (QED) is 0.656. The molecule has 0 radical (unpaired) electrons. The van der Waals surface area contributed by atoms with Gasteiger partial charge < -0.3 is 4.74 Å². The van der Waals surface area contributed by atoms with Crippen molar-refractivity contribution >= 4 is 23.0 Å². The molecule has 1 heterocycles. The third-order valence-electron chi connectivity index (χ3n) is 3.03. The maximum Gasteiger partial charge on any atom is 0.281 e. The number of hydrogen-bond donors (Lipinski definition) is 1. The van der Waals surface area contributed by atoms with E-state index in [-0.39, 0.29) is 5.91 Å². The molecule has 1 aromatic carbocycles. The molecule has 0 spiro atoms. The highest BCUT2D eigenvalue weighted by Crippen LogP contribution is 2.13. The zero-order valence-electron chi connectivity index (χ0n) is 12.1. The van der Waals surface area contributed by atoms with Crippen LogP contribution in [0, 0.1) is 0 Å². The summed E-state index contributed by atoms with van der Waals surface area (Å²) in [5.41, 5.74) is 4.70. The van der Waals surface area contributed by atoms with E-state index in [9.17, 15) is 4.79 Å². The van der Waals surface area contributed by atoms with Crippen molar-refractivity contribution in [2.45, 2.75) is 19.8 Å². The molecule has 0 unspecified atom stereocenters. The maximum absolute atomic E-state index is 11.7. The first-order chi connectivity index (χ1) is 10.2. The maximum atomic E-state index is 11.7. The standard InChI is InChI=1S/C16H18N2O2S/c1-12(17-18-16(19)15-4-3-11-21-15)5-6-13-7-9-14(20-2)10-8-13/h3-4,7-11H,5-6H2,1-2H3,(H,18,19)/b17-12-. The lowest BCUT2D eigenvalue weighted by Gasteiger charge is -2.04. The predicted octanol–water partition coefficient (Wildman–Crippen LogP) is 3.50. The molecule has 0 fully saturated rings. The lowest BCUT2D eigenvalue weighted by atomic mass is 10.1. The summed E-state index contributed by atoms with van der Waals surface area (Å²) in [6.45, 7) is 1.91. The largest absolute Gasteiger partial charge is 0.497 e. The van der Waals surface area contributed by atoms with Gasteiger partial charge >= 0.3 is 0 Å². The topological polar surface area (TPSA) is 50.7 Å². The number of amides is 1. The first-order valence-electron chi connectivity index (χ1n) is 6.69. The molecule has 1 N–H and O–H groups in total. The van der Waals surface area contributed by atoms with E-state index in [0.29, 0.717) is 4.88 Å². The number of hydrazone groups is 1. The van der Waals surface area contributed by atoms with Gasteiger partial charge in [-0.3, -0.25) is 4.79 Å². The minimum atomic E-state index is -0.159. The molecule has 110 valence electrons. The van der Waals surface area contributed by atoms with Crippen LogP contribution in [-0.4, -0.2) is 18.7 Å². The van der Waals surface area contributed by atoms with Crippen LogP contribution in [0.5, 0.6) is 5.75 Å². The van der Waals surface area contributed by atoms with Gasteiger partial charge in [0.25, 0.3) is 5.91 Å². The van der Waals surface area contributed by atoms with Crippen LogP contribution in [0.1, 0.15) is 28.6 Å². The Labute approximate surface area is 128 Å². The Balaban J connectivity index is 1.81. The van der Waals surface area contributed by atoms with Crippen LogP contribution < -0.4 is 10.2 Å². The van der Waals surface area contributed by atoms with Gasteiger partial charge in [-0.2, -0.15) is 5.10 Å². The minimum Gasteiger partial charge on any atom is -0.497 e. The van der Waals surface area contributed by atoms with Gasteiger partial charge in [0.1, 0.15) is 5.75 Å². The molecular formula is C16H18N2O2S. The number of thiophene rings is 1. The average molecular weight is 302 g/mol. The molecule has 21 heavy (non-hydrogen) atoms. The monoisotopic (exact) mass is 302 g/mol. The second kappa shape index (κ2) is 7.59. The third kappa shape index (κ3) is 4.72. The molecule has 0 aliphatic rings. The molecule has 0 aliphatic heterocycles. The van der Waals surface area contributed by atoms with Crippen LogP contribution in [0.25, 0.3) is 0 Å². The number of nitrogens with zero attached hydrogens (tertiary/aromatic N) is 1. The normalized spacial score (nSPS) is 11.2. The first kappa shape index (κ1) is 15.3. The Morgan fingerprint density at radius 1 is 1.29 bits per heavy atom. The van der Waals surface area contributed by atoms with Crippen molar-refractivity contribution < 1.29 is 9.53 Å². The molecule has 2 aromatic rings. The van der Waals surface area contributed by atoms with Crippen LogP contribution in [0.2, 0.25) is 0 Å². The van der Waals surface area contributed by atoms with E-state index in [1.165, 1.54) is 16.9 Å². The van der Waals surface area contributed by atoms with Crippen molar-refractivity contribution in [2.75, 3.05) is 7.11 Å². The van der Waals surface area contributed by atoms with Gasteiger partial charge in [0, 0.05) is 5.71 Å². The van der Waals surface area contributed by atoms with Crippen LogP contribution in [-0.2, 0) is 6.42 Å². The smallest absolute Gasteiger partial charge is 0.281 e. The fourth-order valence-corrected chi connectivity index (χ4v) is 2.40. The molecule has 0 aliphatic carbocycles. The summed E-state index contributed by atoms with van der Waals surface area (Å²) in [7, 11) is 1.65. The summed E-state index contributed by atoms with van der Waals surface area (Å²) >= 11 is 1.40. The SMILES string of the molecule is COc1ccc(CC/C(C)=N\NC(=O)c2cccs2)cc1. The summed E-state index contributed by atoms with van der Waals surface area (Å²) < 4.78 is 5.12. The van der Waals surface area contributed by atoms with Crippen LogP contribution >= 0.6 is 11.3 Å². The van der Waals surface area contributed by atoms with Gasteiger partial charge in [0.2, 0.25) is 0 Å². The lowest BCUT2D eigenvalue weighted by Crippen LogP contribution is -2.18. The Morgan fingerprint density at radius 3 is 2.67 bits per heavy atom. The highest BCUT2D eigenvalue weighted by Gasteiger charge is 2.04. The van der Waals surface area contributed by atoms with Crippen molar-refractivity contribution in [3.63, 3.8) is 0 Å². The molecule has 0 bridgehead atoms. The Bertz CT molecular complexity index is 604. The number of hydrogen-bond acceptors (Lipinski definition) is 4. The first-order valence-corrected chi connectivity index (χ1v) is 7.57. The molecule has 0 atom stereocenters. The molecule has 2 rings (SSSR count). The third-order valence-corrected chi connectivity index (χ3v) is 3.90. The van der Waals surface area contributed by atoms with E-state index in [1.807, 2.05) is 42.6 Å². The lowest BCUT2D eigenvalue weighted by molar-refractivity contribution is 0.0958. The van der Waals surface area contributed by atoms with E-state index in [1.54, 1.807) is 13.2 Å². The highest BCUT2D eigenvalue weighted by molar-refractivity contribution is 7.12. The van der Waals surface area contributed by atoms with Crippen molar-refractivity contribution in [2.24, 2.45) is 5.10 Å². The highest BCUT2D eigenvalue weighted by atomic mass is 32.1. The fraction of sp³-hybridized carbons (Fsp3) is 0.250. The molecule has 0 saturated heterocycles.